The van der Waals surface area contributed by atoms with Crippen molar-refractivity contribution >= 4 is 91.1 Å². The van der Waals surface area contributed by atoms with Gasteiger partial charge in [0, 0.05) is 16.9 Å². The van der Waals surface area contributed by atoms with E-state index in [1.54, 1.807) is 0 Å². The van der Waals surface area contributed by atoms with Crippen molar-refractivity contribution in [2.24, 2.45) is 12.2 Å². The molecule has 0 aromatic carbocycles. The Morgan fingerprint density at radius 2 is 2.15 bits per heavy atom. The van der Waals surface area contributed by atoms with Gasteiger partial charge in [0.2, 0.25) is 6.61 Å². The molecule has 18 heteroatoms. The van der Waals surface area contributed by atoms with Crippen molar-refractivity contribution in [3.63, 3.8) is 0 Å². The van der Waals surface area contributed by atoms with Gasteiger partial charge in [-0.3, -0.25) is 14.5 Å². The number of hydrogen-bond acceptors (Lipinski definition) is 13. The normalized spacial score (nSPS) is 18.9. The summed E-state index contributed by atoms with van der Waals surface area (Å²) in [7, 11) is 1.90. The Hall–Kier alpha value is -3.74. The number of hydrogen-bond donors (Lipinski definition) is 4. The van der Waals surface area contributed by atoms with Crippen LogP contribution in [0.3, 0.4) is 0 Å². The Bertz CT molecular complexity index is 1600. The monoisotopic (exact) mass is 622 g/mol. The van der Waals surface area contributed by atoms with E-state index in [9.17, 15) is 24.3 Å². The average Bonchev–Trinajstić information content (AvgIpc) is 3.54. The van der Waals surface area contributed by atoms with E-state index >= 15 is 0 Å². The minimum atomic E-state index is -1.30. The molecule has 5 N–H and O–H groups in total. The van der Waals surface area contributed by atoms with E-state index in [0.29, 0.717) is 17.1 Å². The predicted molar refractivity (Wildman–Crippen MR) is 148 cm³/mol. The minimum absolute atomic E-state index is 0.0409. The third-order valence-corrected chi connectivity index (χ3v) is 9.99. The molecule has 208 valence electrons. The Balaban J connectivity index is 1.31. The van der Waals surface area contributed by atoms with E-state index < -0.39 is 41.8 Å². The number of fused-ring (bicyclic) bond motifs is 2. The van der Waals surface area contributed by atoms with Gasteiger partial charge in [-0.15, -0.1) is 23.1 Å². The fraction of sp³-hybridized carbons (Fsp3) is 0.273. The molecule has 2 atom stereocenters. The second-order valence-electron chi connectivity index (χ2n) is 8.37. The first-order chi connectivity index (χ1) is 19.1. The summed E-state index contributed by atoms with van der Waals surface area (Å²) in [4.78, 5) is 63.6. The smallest absolute Gasteiger partial charge is 0.352 e. The molecule has 0 radical (unpaired) electrons. The van der Waals surface area contributed by atoms with Crippen LogP contribution in [0.25, 0.3) is 10.3 Å². The molecule has 0 saturated carbocycles. The van der Waals surface area contributed by atoms with E-state index in [0.717, 1.165) is 26.0 Å². The zero-order chi connectivity index (χ0) is 28.6. The van der Waals surface area contributed by atoms with Crippen LogP contribution in [0, 0.1) is 0 Å². The number of carboxylic acids is 2. The lowest BCUT2D eigenvalue weighted by Crippen LogP contribution is -2.71. The highest BCUT2D eigenvalue weighted by molar-refractivity contribution is 8.02. The number of β-lactam (4-membered cyclic amide) rings is 1. The fourth-order valence-electron chi connectivity index (χ4n) is 3.96. The topological polar surface area (TPSA) is 201 Å². The molecule has 5 heterocycles. The summed E-state index contributed by atoms with van der Waals surface area (Å²) in [6.45, 7) is -0.798. The number of carboxylic acid groups (broad SMARTS) is 2. The van der Waals surface area contributed by atoms with Crippen LogP contribution in [-0.4, -0.2) is 84.1 Å². The van der Waals surface area contributed by atoms with Gasteiger partial charge in [-0.25, -0.2) is 19.1 Å². The standard InChI is InChI=1S/C22H19N7O7S4/c1-28-4-2-3-11-16(28)26-22(40-11)39-7-9-6-37-19-14(18(33)29(19)15(9)20(34)35)25-17(32)13(27-36-5-12(30)31)10-8-38-21(23)24-10/h2-4,8,14,19H,5-7H2,1H3,(H4-,23,24,25,30,31,32,34,35)/p+1/b27-13-/t14-,19-/m0/s1. The molecule has 5 rings (SSSR count). The van der Waals surface area contributed by atoms with E-state index in [2.05, 4.69) is 20.4 Å². The number of carbonyl (C=O) groups is 4. The quantitative estimate of drug-likeness (QED) is 0.0803. The first-order valence-corrected chi connectivity index (χ1v) is 15.1. The van der Waals surface area contributed by atoms with Crippen LogP contribution in [0.15, 0.2) is 44.5 Å². The van der Waals surface area contributed by atoms with Crippen molar-refractivity contribution in [2.45, 2.75) is 15.8 Å². The molecule has 14 nitrogen and oxygen atoms in total. The zero-order valence-corrected chi connectivity index (χ0v) is 23.7. The third kappa shape index (κ3) is 5.47. The largest absolute Gasteiger partial charge is 0.479 e. The van der Waals surface area contributed by atoms with Crippen molar-refractivity contribution in [1.29, 1.82) is 0 Å². The number of aromatic nitrogens is 3. The molecule has 0 unspecified atom stereocenters. The number of nitrogen functional groups attached to an aromatic ring is 1. The Morgan fingerprint density at radius 3 is 2.83 bits per heavy atom. The molecule has 0 spiro atoms. The van der Waals surface area contributed by atoms with Crippen LogP contribution in [-0.2, 0) is 31.1 Å². The lowest BCUT2D eigenvalue weighted by Gasteiger charge is -2.49. The number of aliphatic carboxylic acids is 2. The number of oxime groups is 1. The average molecular weight is 623 g/mol. The van der Waals surface area contributed by atoms with Crippen LogP contribution in [0.2, 0.25) is 0 Å². The SMILES string of the molecule is C[n+]1cccc2sc(SCC3=C(C(=O)O)N4C(=O)[C@H](NC(=O)/C(=N\OCC(=O)O)c5csc(N)n5)[C@@H]4SC3)nc21. The number of aryl methyl sites for hydroxylation is 1. The van der Waals surface area contributed by atoms with Gasteiger partial charge in [0.15, 0.2) is 10.8 Å². The van der Waals surface area contributed by atoms with E-state index in [1.165, 1.54) is 45.1 Å². The molecular formula is C22H20N7O7S4+. The van der Waals surface area contributed by atoms with Crippen molar-refractivity contribution in [3.8, 4) is 0 Å². The second-order valence-corrected chi connectivity index (χ2v) is 12.6. The number of nitrogens with two attached hydrogens (primary N) is 1. The lowest BCUT2D eigenvalue weighted by atomic mass is 10.0. The maximum absolute atomic E-state index is 13.1. The van der Waals surface area contributed by atoms with E-state index in [-0.39, 0.29) is 22.2 Å². The molecule has 2 aliphatic heterocycles. The van der Waals surface area contributed by atoms with Gasteiger partial charge in [-0.1, -0.05) is 28.3 Å². The number of nitrogens with zero attached hydrogens (tertiary/aromatic N) is 5. The highest BCUT2D eigenvalue weighted by Crippen LogP contribution is 2.42. The van der Waals surface area contributed by atoms with Gasteiger partial charge >= 0.3 is 17.6 Å². The van der Waals surface area contributed by atoms with Gasteiger partial charge in [-0.2, -0.15) is 0 Å². The third-order valence-electron chi connectivity index (χ3n) is 5.74. The fourth-order valence-corrected chi connectivity index (χ4v) is 8.10. The molecule has 2 amide bonds. The molecule has 3 aromatic heterocycles. The maximum Gasteiger partial charge on any atom is 0.352 e. The van der Waals surface area contributed by atoms with Crippen molar-refractivity contribution in [2.75, 3.05) is 23.8 Å². The van der Waals surface area contributed by atoms with E-state index in [1.807, 2.05) is 29.9 Å². The molecular weight excluding hydrogens is 603 g/mol. The van der Waals surface area contributed by atoms with Crippen LogP contribution in [0.4, 0.5) is 5.13 Å². The molecule has 2 aliphatic rings. The number of nitrogens with one attached hydrogen (secondary N) is 1. The zero-order valence-electron chi connectivity index (χ0n) is 20.5. The number of anilines is 1. The number of carbonyl (C=O) groups excluding carboxylic acids is 2. The first-order valence-electron chi connectivity index (χ1n) is 11.4. The molecule has 1 saturated heterocycles. The number of pyridine rings is 1. The van der Waals surface area contributed by atoms with Crippen molar-refractivity contribution in [3.05, 3.63) is 40.7 Å². The number of rotatable bonds is 10. The number of amides is 2. The number of thioether (sulfide) groups is 2. The summed E-state index contributed by atoms with van der Waals surface area (Å²) in [6.07, 6.45) is 1.90. The summed E-state index contributed by atoms with van der Waals surface area (Å²) in [6, 6.07) is 2.85. The summed E-state index contributed by atoms with van der Waals surface area (Å²) in [5, 5.41) is 25.8. The predicted octanol–water partition coefficient (Wildman–Crippen LogP) is 0.496. The van der Waals surface area contributed by atoms with Crippen molar-refractivity contribution < 1.29 is 38.8 Å². The Labute approximate surface area is 241 Å². The minimum Gasteiger partial charge on any atom is -0.479 e. The van der Waals surface area contributed by atoms with Crippen LogP contribution >= 0.6 is 46.2 Å². The second kappa shape index (κ2) is 11.4. The van der Waals surface area contributed by atoms with Crippen molar-refractivity contribution in [1.82, 2.24) is 20.2 Å². The van der Waals surface area contributed by atoms with Crippen LogP contribution in [0.5, 0.6) is 0 Å². The highest BCUT2D eigenvalue weighted by Gasteiger charge is 2.54. The molecule has 40 heavy (non-hydrogen) atoms. The van der Waals surface area contributed by atoms with Gasteiger partial charge in [0.25, 0.3) is 16.2 Å². The maximum atomic E-state index is 13.1. The van der Waals surface area contributed by atoms with Crippen LogP contribution < -0.4 is 15.6 Å². The van der Waals surface area contributed by atoms with Gasteiger partial charge in [-0.05, 0) is 22.7 Å². The molecule has 3 aromatic rings. The lowest BCUT2D eigenvalue weighted by molar-refractivity contribution is -0.646. The Kier molecular flexibility index (Phi) is 7.92. The summed E-state index contributed by atoms with van der Waals surface area (Å²) in [5.41, 5.74) is 6.61. The summed E-state index contributed by atoms with van der Waals surface area (Å²) >= 11 is 5.26. The Morgan fingerprint density at radius 1 is 1.35 bits per heavy atom. The van der Waals surface area contributed by atoms with Gasteiger partial charge in [0.1, 0.15) is 27.5 Å². The highest BCUT2D eigenvalue weighted by atomic mass is 32.2. The first kappa shape index (κ1) is 27.8. The van der Waals surface area contributed by atoms with Crippen LogP contribution in [0.1, 0.15) is 5.69 Å². The van der Waals surface area contributed by atoms with Gasteiger partial charge in [0.05, 0.1) is 13.2 Å². The molecule has 1 fully saturated rings. The molecule has 0 aliphatic carbocycles. The molecule has 0 bridgehead atoms. The van der Waals surface area contributed by atoms with Gasteiger partial charge < -0.3 is 26.1 Å². The summed E-state index contributed by atoms with van der Waals surface area (Å²) < 4.78 is 3.69. The summed E-state index contributed by atoms with van der Waals surface area (Å²) in [5.74, 6) is -3.32. The van der Waals surface area contributed by atoms with E-state index in [4.69, 9.17) is 15.7 Å². The number of thiazole rings is 2.